The summed E-state index contributed by atoms with van der Waals surface area (Å²) in [6, 6.07) is 0. The molecule has 0 aromatic carbocycles. The average Bonchev–Trinajstić information content (AvgIpc) is 0.722. The van der Waals surface area contributed by atoms with E-state index in [1.54, 1.807) is 0 Å². The molecule has 0 aromatic heterocycles. The van der Waals surface area contributed by atoms with Crippen LogP contribution in [0.5, 0.6) is 0 Å². The van der Waals surface area contributed by atoms with E-state index < -0.39 is 10.4 Å². The zero-order valence-electron chi connectivity index (χ0n) is 8.03. The summed E-state index contributed by atoms with van der Waals surface area (Å²) in [5.74, 6) is 0. The van der Waals surface area contributed by atoms with Crippen LogP contribution in [0.2, 0.25) is 0 Å². The van der Waals surface area contributed by atoms with Crippen molar-refractivity contribution in [3.63, 3.8) is 0 Å². The van der Waals surface area contributed by atoms with E-state index in [2.05, 4.69) is 0 Å². The van der Waals surface area contributed by atoms with Crippen LogP contribution in [0.15, 0.2) is 0 Å². The standard InChI is InChI=1S/Ca.Mg.H2O4S.H2O.4H/c;;1-5(2,3)4;;;;;/h;;(H2,1,2,3,4);1H2;;;;/q2*+2;;;4*-1. The van der Waals surface area contributed by atoms with Gasteiger partial charge in [-0.15, -0.1) is 0 Å². The van der Waals surface area contributed by atoms with Crippen LogP contribution in [0.4, 0.5) is 0 Å². The third kappa shape index (κ3) is 107. The van der Waals surface area contributed by atoms with Crippen LogP contribution in [0.25, 0.3) is 0 Å². The van der Waals surface area contributed by atoms with Crippen LogP contribution in [0.1, 0.15) is 5.71 Å². The molecule has 0 aliphatic carbocycles. The maximum atomic E-state index is 8.74. The Hall–Kier alpha value is 1.86. The Balaban J connectivity index is -0.00000000381. The molecule has 0 fully saturated rings. The zero-order chi connectivity index (χ0) is 4.50. The largest absolute Gasteiger partial charge is 2.00 e. The fraction of sp³-hybridized carbons (Fsp3) is 0. The van der Waals surface area contributed by atoms with Crippen LogP contribution in [-0.2, 0) is 10.4 Å². The monoisotopic (exact) mass is 184 g/mol. The molecule has 5 nitrogen and oxygen atoms in total. The molecule has 0 saturated heterocycles. The topological polar surface area (TPSA) is 106 Å². The molecule has 0 saturated carbocycles. The molecule has 0 aliphatic heterocycles. The average molecular weight is 185 g/mol. The summed E-state index contributed by atoms with van der Waals surface area (Å²) in [5.41, 5.74) is 0. The molecule has 0 aromatic rings. The van der Waals surface area contributed by atoms with E-state index in [4.69, 9.17) is 17.5 Å². The number of hydrogen-bond acceptors (Lipinski definition) is 2. The van der Waals surface area contributed by atoms with E-state index in [-0.39, 0.29) is 72.0 Å². The Labute approximate surface area is 98.8 Å². The summed E-state index contributed by atoms with van der Waals surface area (Å²) >= 11 is 0. The molecule has 8 heavy (non-hydrogen) atoms. The first-order valence-corrected chi connectivity index (χ1v) is 2.10. The van der Waals surface area contributed by atoms with E-state index in [0.29, 0.717) is 0 Å². The van der Waals surface area contributed by atoms with Gasteiger partial charge in [0.15, 0.2) is 0 Å². The SMILES string of the molecule is O.O=S(=O)(O)O.[Ca+2].[H-].[H-].[H-].[H-].[Mg+2]. The van der Waals surface area contributed by atoms with Gasteiger partial charge in [0.1, 0.15) is 0 Å². The van der Waals surface area contributed by atoms with Gasteiger partial charge in [-0.1, -0.05) is 0 Å². The fourth-order valence-electron chi connectivity index (χ4n) is 0. The molecule has 0 radical (unpaired) electrons. The second kappa shape index (κ2) is 8.86. The Morgan fingerprint density at radius 1 is 1.25 bits per heavy atom. The van der Waals surface area contributed by atoms with E-state index in [9.17, 15) is 0 Å². The van der Waals surface area contributed by atoms with Gasteiger partial charge < -0.3 is 11.2 Å². The van der Waals surface area contributed by atoms with E-state index in [1.807, 2.05) is 0 Å². The minimum atomic E-state index is -4.67. The quantitative estimate of drug-likeness (QED) is 0.343. The van der Waals surface area contributed by atoms with Crippen molar-refractivity contribution >= 4 is 71.2 Å². The normalized spacial score (nSPS) is 7.25. The van der Waals surface area contributed by atoms with Crippen molar-refractivity contribution in [1.29, 1.82) is 0 Å². The van der Waals surface area contributed by atoms with Gasteiger partial charge in [0.2, 0.25) is 0 Å². The van der Waals surface area contributed by atoms with Gasteiger partial charge in [-0.2, -0.15) is 8.42 Å². The first-order chi connectivity index (χ1) is 2.00. The predicted octanol–water partition coefficient (Wildman–Crippen LogP) is -1.79. The Bertz CT molecular complexity index is 107. The molecule has 48 valence electrons. The molecule has 8 heteroatoms. The van der Waals surface area contributed by atoms with E-state index in [1.165, 1.54) is 0 Å². The second-order valence-corrected chi connectivity index (χ2v) is 1.34. The third-order valence-corrected chi connectivity index (χ3v) is 0. The van der Waals surface area contributed by atoms with Crippen LogP contribution in [0, 0.1) is 0 Å². The smallest absolute Gasteiger partial charge is 1.00 e. The Kier molecular flexibility index (Phi) is 25.0. The molecule has 0 spiro atoms. The first-order valence-electron chi connectivity index (χ1n) is 0.698. The molecule has 0 aliphatic rings. The van der Waals surface area contributed by atoms with Crippen LogP contribution in [0.3, 0.4) is 0 Å². The van der Waals surface area contributed by atoms with E-state index >= 15 is 0 Å². The summed E-state index contributed by atoms with van der Waals surface area (Å²) in [4.78, 5) is 0. The van der Waals surface area contributed by atoms with Crippen molar-refractivity contribution in [2.75, 3.05) is 0 Å². The molecule has 0 heterocycles. The van der Waals surface area contributed by atoms with Crippen molar-refractivity contribution in [2.45, 2.75) is 0 Å². The Morgan fingerprint density at radius 2 is 1.25 bits per heavy atom. The zero-order valence-corrected chi connectivity index (χ0v) is 8.47. The van der Waals surface area contributed by atoms with Gasteiger partial charge >= 0.3 is 71.2 Å². The molecular formula is H8CaMgO5S. The van der Waals surface area contributed by atoms with Crippen LogP contribution < -0.4 is 0 Å². The molecule has 0 unspecified atom stereocenters. The maximum Gasteiger partial charge on any atom is 2.00 e. The van der Waals surface area contributed by atoms with Gasteiger partial charge in [0.05, 0.1) is 0 Å². The number of rotatable bonds is 0. The van der Waals surface area contributed by atoms with Gasteiger partial charge in [-0.3, -0.25) is 9.11 Å². The van der Waals surface area contributed by atoms with Crippen molar-refractivity contribution in [3.05, 3.63) is 0 Å². The number of hydrogen-bond donors (Lipinski definition) is 2. The summed E-state index contributed by atoms with van der Waals surface area (Å²) < 4.78 is 31.6. The first kappa shape index (κ1) is 22.5. The van der Waals surface area contributed by atoms with Crippen LogP contribution in [-0.4, -0.2) is 83.8 Å². The summed E-state index contributed by atoms with van der Waals surface area (Å²) in [7, 11) is -4.67. The van der Waals surface area contributed by atoms with Gasteiger partial charge in [-0.25, -0.2) is 0 Å². The Morgan fingerprint density at radius 3 is 1.25 bits per heavy atom. The molecule has 0 amide bonds. The summed E-state index contributed by atoms with van der Waals surface area (Å²) in [6.07, 6.45) is 0. The van der Waals surface area contributed by atoms with E-state index in [0.717, 1.165) is 0 Å². The summed E-state index contributed by atoms with van der Waals surface area (Å²) in [6.45, 7) is 0. The molecular weight excluding hydrogens is 176 g/mol. The van der Waals surface area contributed by atoms with Gasteiger partial charge in [-0.05, 0) is 0 Å². The van der Waals surface area contributed by atoms with Gasteiger partial charge in [0.25, 0.3) is 0 Å². The van der Waals surface area contributed by atoms with Crippen molar-refractivity contribution in [1.82, 2.24) is 0 Å². The molecule has 0 atom stereocenters. The molecule has 0 bridgehead atoms. The van der Waals surface area contributed by atoms with Crippen molar-refractivity contribution in [2.24, 2.45) is 0 Å². The maximum absolute atomic E-state index is 8.74. The fourth-order valence-corrected chi connectivity index (χ4v) is 0. The van der Waals surface area contributed by atoms with Crippen molar-refractivity contribution in [3.8, 4) is 0 Å². The predicted molar refractivity (Wildman–Crippen MR) is 33.7 cm³/mol. The molecule has 4 N–H and O–H groups in total. The van der Waals surface area contributed by atoms with Crippen LogP contribution >= 0.6 is 0 Å². The minimum absolute atomic E-state index is 0. The molecule has 0 rings (SSSR count). The van der Waals surface area contributed by atoms with Gasteiger partial charge in [0, 0.05) is 0 Å². The second-order valence-electron chi connectivity index (χ2n) is 0.448. The summed E-state index contributed by atoms with van der Waals surface area (Å²) in [5, 5.41) is 0. The third-order valence-electron chi connectivity index (χ3n) is 0. The van der Waals surface area contributed by atoms with Crippen molar-refractivity contribution < 1.29 is 28.7 Å². The minimum Gasteiger partial charge on any atom is -1.00 e.